The van der Waals surface area contributed by atoms with Gasteiger partial charge in [-0.05, 0) is 140 Å². The standard InChI is InChI=1S/2C27H31N3O2.C3H7.2Nd/c2*1-16-10-7-11-17(2)24(16)26(31)28-20(5)22-14-9-15-23(30-22)21(6)29-27(32)25-18(3)12-8-13-19(25)4;1-3-2;;/h2*7-14,30H,15H2,1-6H3,(H,28,31)(H,29,32);1,3H2,2H3;;/q;;-1;;. The van der Waals surface area contributed by atoms with Gasteiger partial charge in [0.25, 0.3) is 23.6 Å². The van der Waals surface area contributed by atoms with Crippen molar-refractivity contribution in [2.75, 3.05) is 0 Å². The molecule has 10 nitrogen and oxygen atoms in total. The third kappa shape index (κ3) is 16.8. The third-order valence-electron chi connectivity index (χ3n) is 11.5. The Morgan fingerprint density at radius 1 is 0.435 bits per heavy atom. The van der Waals surface area contributed by atoms with Crippen LogP contribution in [0.3, 0.4) is 0 Å². The predicted octanol–water partition coefficient (Wildman–Crippen LogP) is 11.4. The molecule has 0 radical (unpaired) electrons. The molecular formula is C57H69N6Nd2O4-. The van der Waals surface area contributed by atoms with Crippen LogP contribution in [0.2, 0.25) is 0 Å². The summed E-state index contributed by atoms with van der Waals surface area (Å²) in [7, 11) is 0. The Bertz CT molecular complexity index is 2470. The van der Waals surface area contributed by atoms with E-state index in [0.717, 1.165) is 96.5 Å². The fraction of sp³-hybridized carbons (Fsp3) is 0.281. The van der Waals surface area contributed by atoms with E-state index in [-0.39, 0.29) is 105 Å². The summed E-state index contributed by atoms with van der Waals surface area (Å²) in [5.74, 6) is -0.492. The van der Waals surface area contributed by atoms with Crippen LogP contribution in [-0.2, 0) is 0 Å². The zero-order chi connectivity index (χ0) is 49.5. The van der Waals surface area contributed by atoms with Gasteiger partial charge in [0.05, 0.1) is 11.4 Å². The van der Waals surface area contributed by atoms with Crippen molar-refractivity contribution in [3.05, 3.63) is 216 Å². The first-order valence-corrected chi connectivity index (χ1v) is 22.8. The molecule has 0 spiro atoms. The molecule has 2 aliphatic heterocycles. The molecule has 6 rings (SSSR count). The van der Waals surface area contributed by atoms with Crippen LogP contribution >= 0.6 is 0 Å². The molecule has 0 fully saturated rings. The zero-order valence-corrected chi connectivity index (χ0v) is 49.1. The first-order valence-electron chi connectivity index (χ1n) is 22.8. The van der Waals surface area contributed by atoms with Crippen molar-refractivity contribution >= 4 is 23.6 Å². The van der Waals surface area contributed by atoms with Gasteiger partial charge in [0, 0.05) is 151 Å². The predicted molar refractivity (Wildman–Crippen MR) is 274 cm³/mol. The van der Waals surface area contributed by atoms with Crippen molar-refractivity contribution < 1.29 is 101 Å². The molecule has 4 aromatic carbocycles. The summed E-state index contributed by atoms with van der Waals surface area (Å²) < 4.78 is 0. The molecule has 2 aliphatic rings. The van der Waals surface area contributed by atoms with E-state index in [9.17, 15) is 19.2 Å². The number of hydrogen-bond acceptors (Lipinski definition) is 6. The monoisotopic (exact) mass is 1190 g/mol. The molecule has 0 saturated heterocycles. The van der Waals surface area contributed by atoms with Crippen molar-refractivity contribution in [2.24, 2.45) is 0 Å². The first kappa shape index (κ1) is 60.6. The molecule has 0 bridgehead atoms. The summed E-state index contributed by atoms with van der Waals surface area (Å²) in [5, 5.41) is 18.8. The van der Waals surface area contributed by atoms with Gasteiger partial charge in [-0.25, -0.2) is 0 Å². The van der Waals surface area contributed by atoms with Crippen LogP contribution in [0.15, 0.2) is 143 Å². The Morgan fingerprint density at radius 2 is 0.638 bits per heavy atom. The van der Waals surface area contributed by atoms with Gasteiger partial charge < -0.3 is 38.8 Å². The molecule has 6 N–H and O–H groups in total. The van der Waals surface area contributed by atoms with Gasteiger partial charge in [-0.2, -0.15) is 6.42 Å². The van der Waals surface area contributed by atoms with Gasteiger partial charge in [0.15, 0.2) is 0 Å². The van der Waals surface area contributed by atoms with Gasteiger partial charge >= 0.3 is 0 Å². The van der Waals surface area contributed by atoms with Gasteiger partial charge in [-0.1, -0.05) is 91.9 Å². The van der Waals surface area contributed by atoms with Crippen LogP contribution in [0.25, 0.3) is 0 Å². The van der Waals surface area contributed by atoms with Crippen molar-refractivity contribution in [2.45, 2.75) is 109 Å². The molecular weight excluding hydrogens is 1120 g/mol. The third-order valence-corrected chi connectivity index (χ3v) is 11.5. The van der Waals surface area contributed by atoms with Crippen LogP contribution in [0.1, 0.15) is 140 Å². The molecule has 4 aromatic rings. The number of amides is 4. The molecule has 0 aliphatic carbocycles. The van der Waals surface area contributed by atoms with E-state index >= 15 is 0 Å². The summed E-state index contributed by atoms with van der Waals surface area (Å²) in [5.41, 5.74) is 16.7. The number of aryl methyl sites for hydroxylation is 8. The van der Waals surface area contributed by atoms with Gasteiger partial charge in [0.1, 0.15) is 0 Å². The molecule has 0 atom stereocenters. The Labute approximate surface area is 477 Å². The van der Waals surface area contributed by atoms with Crippen molar-refractivity contribution in [3.63, 3.8) is 0 Å². The number of benzene rings is 4. The fourth-order valence-corrected chi connectivity index (χ4v) is 7.94. The van der Waals surface area contributed by atoms with Crippen LogP contribution in [-0.4, -0.2) is 23.6 Å². The van der Waals surface area contributed by atoms with Gasteiger partial charge in [0.2, 0.25) is 0 Å². The summed E-state index contributed by atoms with van der Waals surface area (Å²) in [6.45, 7) is 28.5. The molecule has 0 aromatic heterocycles. The molecule has 4 amide bonds. The topological polar surface area (TPSA) is 140 Å². The molecule has 360 valence electrons. The Kier molecular flexibility index (Phi) is 25.5. The minimum atomic E-state index is -0.128. The number of nitrogens with one attached hydrogen (secondary N) is 6. The first-order chi connectivity index (χ1) is 31.8. The summed E-state index contributed by atoms with van der Waals surface area (Å²) in [6.07, 6.45) is 10.3. The Balaban J connectivity index is 0.000000436. The van der Waals surface area contributed by atoms with E-state index in [4.69, 9.17) is 0 Å². The van der Waals surface area contributed by atoms with Crippen molar-refractivity contribution in [1.82, 2.24) is 31.9 Å². The average molecular weight is 1190 g/mol. The SMILES string of the molecule is CC(NC(=O)c1c(C)cccc1C)=C1C=CCC(=C(C)NC(=O)c2c(C)cccc2C)N1.CC(NC(=O)c1c(C)cccc1C)=C1C=CCC(=C(C)NC(=O)c2c(C)cccc2C)N1.[CH2-]CC.[Nd].[Nd]. The van der Waals surface area contributed by atoms with Gasteiger partial charge in [-0.15, -0.1) is 0 Å². The van der Waals surface area contributed by atoms with E-state index in [1.807, 2.05) is 187 Å². The summed E-state index contributed by atoms with van der Waals surface area (Å²) in [4.78, 5) is 51.4. The molecule has 0 unspecified atom stereocenters. The van der Waals surface area contributed by atoms with Crippen LogP contribution in [0, 0.1) is 144 Å². The smallest absolute Gasteiger partial charge is 0.256 e. The number of allylic oxidation sites excluding steroid dienone is 8. The minimum absolute atomic E-state index is 0. The van der Waals surface area contributed by atoms with Crippen molar-refractivity contribution in [3.8, 4) is 0 Å². The summed E-state index contributed by atoms with van der Waals surface area (Å²) in [6, 6.07) is 23.3. The quantitative estimate of drug-likeness (QED) is 0.0971. The maximum Gasteiger partial charge on any atom is 0.256 e. The minimum Gasteiger partial charge on any atom is -0.356 e. The van der Waals surface area contributed by atoms with E-state index in [2.05, 4.69) is 38.8 Å². The normalized spacial score (nSPS) is 15.3. The second-order valence-electron chi connectivity index (χ2n) is 17.1. The zero-order valence-electron chi connectivity index (χ0n) is 42.7. The van der Waals surface area contributed by atoms with Gasteiger partial charge in [-0.3, -0.25) is 19.2 Å². The Hall–Kier alpha value is -4.50. The fourth-order valence-electron chi connectivity index (χ4n) is 7.94. The molecule has 0 saturated carbocycles. The molecule has 12 heteroatoms. The maximum absolute atomic E-state index is 12.9. The van der Waals surface area contributed by atoms with E-state index in [1.165, 1.54) is 0 Å². The molecule has 2 heterocycles. The second kappa shape index (κ2) is 29.0. The largest absolute Gasteiger partial charge is 0.356 e. The number of hydrogen-bond donors (Lipinski definition) is 6. The van der Waals surface area contributed by atoms with E-state index in [0.29, 0.717) is 35.1 Å². The average Bonchev–Trinajstić information content (AvgIpc) is 3.26. The number of carbonyl (C=O) groups is 4. The number of carbonyl (C=O) groups excluding carboxylic acids is 4. The summed E-state index contributed by atoms with van der Waals surface area (Å²) >= 11 is 0. The maximum atomic E-state index is 12.9. The molecule has 69 heavy (non-hydrogen) atoms. The van der Waals surface area contributed by atoms with E-state index in [1.54, 1.807) is 0 Å². The van der Waals surface area contributed by atoms with Crippen LogP contribution in [0.4, 0.5) is 0 Å². The second-order valence-corrected chi connectivity index (χ2v) is 17.1. The van der Waals surface area contributed by atoms with Crippen LogP contribution < -0.4 is 31.9 Å². The Morgan fingerprint density at radius 3 is 0.855 bits per heavy atom. The van der Waals surface area contributed by atoms with Crippen LogP contribution in [0.5, 0.6) is 0 Å². The number of rotatable bonds is 8. The van der Waals surface area contributed by atoms with E-state index < -0.39 is 0 Å². The van der Waals surface area contributed by atoms with Crippen molar-refractivity contribution in [1.29, 1.82) is 0 Å².